The number of aromatic nitrogens is 2. The molecule has 2 aromatic rings. The molecule has 0 aliphatic rings. The van der Waals surface area contributed by atoms with Crippen LogP contribution in [0.15, 0.2) is 24.4 Å². The van der Waals surface area contributed by atoms with Gasteiger partial charge in [-0.2, -0.15) is 9.37 Å². The normalized spacial score (nSPS) is 10.2. The number of ether oxygens (including phenoxy) is 1. The molecule has 0 atom stereocenters. The monoisotopic (exact) mass is 267 g/mol. The Morgan fingerprint density at radius 1 is 1.39 bits per heavy atom. The lowest BCUT2D eigenvalue weighted by Gasteiger charge is -2.08. The molecule has 0 bridgehead atoms. The first kappa shape index (κ1) is 12.6. The van der Waals surface area contributed by atoms with E-state index in [0.717, 1.165) is 11.8 Å². The van der Waals surface area contributed by atoms with Gasteiger partial charge >= 0.3 is 0 Å². The Morgan fingerprint density at radius 3 is 2.83 bits per heavy atom. The fourth-order valence-corrected chi connectivity index (χ4v) is 1.61. The lowest BCUT2D eigenvalue weighted by molar-refractivity contribution is 0.421. The molecule has 1 N–H and O–H groups in total. The second-order valence-corrected chi connectivity index (χ2v) is 4.04. The van der Waals surface area contributed by atoms with E-state index in [4.69, 9.17) is 16.3 Å². The van der Waals surface area contributed by atoms with E-state index < -0.39 is 5.82 Å². The number of aryl methyl sites for hydroxylation is 1. The predicted molar refractivity (Wildman–Crippen MR) is 67.8 cm³/mol. The summed E-state index contributed by atoms with van der Waals surface area (Å²) in [4.78, 5) is 7.60. The van der Waals surface area contributed by atoms with Crippen molar-refractivity contribution < 1.29 is 9.13 Å². The van der Waals surface area contributed by atoms with E-state index in [9.17, 15) is 4.39 Å². The third-order valence-electron chi connectivity index (χ3n) is 2.23. The van der Waals surface area contributed by atoms with Crippen molar-refractivity contribution in [3.8, 4) is 11.6 Å². The Kier molecular flexibility index (Phi) is 3.62. The number of halogens is 2. The minimum atomic E-state index is -0.648. The molecular weight excluding hydrogens is 257 g/mol. The van der Waals surface area contributed by atoms with Crippen molar-refractivity contribution >= 4 is 17.5 Å². The van der Waals surface area contributed by atoms with Crippen LogP contribution in [0.2, 0.25) is 5.02 Å². The van der Waals surface area contributed by atoms with Crippen LogP contribution in [0.3, 0.4) is 0 Å². The van der Waals surface area contributed by atoms with Crippen molar-refractivity contribution in [1.82, 2.24) is 9.97 Å². The van der Waals surface area contributed by atoms with Gasteiger partial charge in [-0.3, -0.25) is 0 Å². The van der Waals surface area contributed by atoms with Crippen LogP contribution in [0.25, 0.3) is 0 Å². The average Bonchev–Trinajstić information content (AvgIpc) is 2.35. The molecule has 94 valence electrons. The first-order valence-corrected chi connectivity index (χ1v) is 5.62. The highest BCUT2D eigenvalue weighted by Gasteiger charge is 2.11. The Labute approximate surface area is 109 Å². The van der Waals surface area contributed by atoms with E-state index in [1.165, 1.54) is 0 Å². The van der Waals surface area contributed by atoms with E-state index in [-0.39, 0.29) is 11.8 Å². The van der Waals surface area contributed by atoms with Gasteiger partial charge in [0, 0.05) is 7.05 Å². The molecule has 0 aliphatic heterocycles. The summed E-state index contributed by atoms with van der Waals surface area (Å²) in [6, 6.07) is 5.21. The molecule has 18 heavy (non-hydrogen) atoms. The molecule has 0 radical (unpaired) electrons. The summed E-state index contributed by atoms with van der Waals surface area (Å²) in [6.45, 7) is 1.90. The summed E-state index contributed by atoms with van der Waals surface area (Å²) < 4.78 is 18.8. The van der Waals surface area contributed by atoms with Crippen molar-refractivity contribution in [2.75, 3.05) is 12.4 Å². The highest BCUT2D eigenvalue weighted by molar-refractivity contribution is 6.32. The summed E-state index contributed by atoms with van der Waals surface area (Å²) in [5, 5.41) is 3.10. The second kappa shape index (κ2) is 5.18. The first-order valence-electron chi connectivity index (χ1n) is 5.24. The molecule has 4 nitrogen and oxygen atoms in total. The standard InChI is InChI=1S/C12H11ClFN3O/c1-7-3-4-10(8(13)5-7)18-11-9(14)6-16-12(15-2)17-11/h3-6H,1-2H3,(H,15,16,17). The molecule has 0 saturated carbocycles. The molecule has 0 amide bonds. The summed E-state index contributed by atoms with van der Waals surface area (Å²) in [5.41, 5.74) is 0.992. The molecule has 0 saturated heterocycles. The van der Waals surface area contributed by atoms with Gasteiger partial charge in [0.05, 0.1) is 11.2 Å². The Bertz CT molecular complexity index is 577. The highest BCUT2D eigenvalue weighted by atomic mass is 35.5. The van der Waals surface area contributed by atoms with Crippen molar-refractivity contribution in [2.45, 2.75) is 6.92 Å². The minimum absolute atomic E-state index is 0.167. The Balaban J connectivity index is 2.33. The van der Waals surface area contributed by atoms with Gasteiger partial charge in [-0.25, -0.2) is 4.98 Å². The molecule has 0 spiro atoms. The zero-order valence-electron chi connectivity index (χ0n) is 9.87. The maximum Gasteiger partial charge on any atom is 0.260 e. The van der Waals surface area contributed by atoms with Crippen LogP contribution < -0.4 is 10.1 Å². The second-order valence-electron chi connectivity index (χ2n) is 3.63. The predicted octanol–water partition coefficient (Wildman–Crippen LogP) is 3.41. The van der Waals surface area contributed by atoms with E-state index >= 15 is 0 Å². The van der Waals surface area contributed by atoms with Gasteiger partial charge in [-0.15, -0.1) is 0 Å². The Morgan fingerprint density at radius 2 is 2.17 bits per heavy atom. The van der Waals surface area contributed by atoms with Crippen LogP contribution in [0, 0.1) is 12.7 Å². The number of hydrogen-bond acceptors (Lipinski definition) is 4. The lowest BCUT2D eigenvalue weighted by atomic mass is 10.2. The quantitative estimate of drug-likeness (QED) is 0.926. The van der Waals surface area contributed by atoms with Gasteiger partial charge in [-0.1, -0.05) is 17.7 Å². The van der Waals surface area contributed by atoms with Gasteiger partial charge in [0.1, 0.15) is 5.75 Å². The maximum atomic E-state index is 13.5. The molecule has 1 aromatic heterocycles. The van der Waals surface area contributed by atoms with Crippen LogP contribution in [0.5, 0.6) is 11.6 Å². The molecule has 2 rings (SSSR count). The highest BCUT2D eigenvalue weighted by Crippen LogP contribution is 2.30. The average molecular weight is 268 g/mol. The number of benzene rings is 1. The van der Waals surface area contributed by atoms with Crippen LogP contribution in [0.4, 0.5) is 10.3 Å². The molecular formula is C12H11ClFN3O. The first-order chi connectivity index (χ1) is 8.60. The molecule has 0 fully saturated rings. The van der Waals surface area contributed by atoms with Crippen molar-refractivity contribution in [1.29, 1.82) is 0 Å². The van der Waals surface area contributed by atoms with Gasteiger partial charge in [0.2, 0.25) is 11.8 Å². The van der Waals surface area contributed by atoms with Crippen molar-refractivity contribution in [3.63, 3.8) is 0 Å². The van der Waals surface area contributed by atoms with E-state index in [1.54, 1.807) is 19.2 Å². The summed E-state index contributed by atoms with van der Waals surface area (Å²) in [7, 11) is 1.63. The summed E-state index contributed by atoms with van der Waals surface area (Å²) >= 11 is 6.00. The molecule has 0 unspecified atom stereocenters. The topological polar surface area (TPSA) is 47.0 Å². The van der Waals surface area contributed by atoms with E-state index in [1.807, 2.05) is 13.0 Å². The lowest BCUT2D eigenvalue weighted by Crippen LogP contribution is -2.00. The molecule has 1 heterocycles. The molecule has 6 heteroatoms. The minimum Gasteiger partial charge on any atom is -0.435 e. The van der Waals surface area contributed by atoms with Gasteiger partial charge in [0.25, 0.3) is 5.88 Å². The summed E-state index contributed by atoms with van der Waals surface area (Å²) in [5.74, 6) is -0.192. The van der Waals surface area contributed by atoms with Crippen molar-refractivity contribution in [3.05, 3.63) is 40.8 Å². The van der Waals surface area contributed by atoms with Crippen molar-refractivity contribution in [2.24, 2.45) is 0 Å². The zero-order chi connectivity index (χ0) is 13.1. The number of rotatable bonds is 3. The maximum absolute atomic E-state index is 13.5. The number of anilines is 1. The fraction of sp³-hybridized carbons (Fsp3) is 0.167. The third-order valence-corrected chi connectivity index (χ3v) is 2.52. The number of nitrogens with zero attached hydrogens (tertiary/aromatic N) is 2. The molecule has 0 aliphatic carbocycles. The van der Waals surface area contributed by atoms with Gasteiger partial charge in [0.15, 0.2) is 0 Å². The van der Waals surface area contributed by atoms with Gasteiger partial charge < -0.3 is 10.1 Å². The van der Waals surface area contributed by atoms with Crippen LogP contribution in [-0.4, -0.2) is 17.0 Å². The van der Waals surface area contributed by atoms with E-state index in [0.29, 0.717) is 10.8 Å². The van der Waals surface area contributed by atoms with Crippen LogP contribution in [0.1, 0.15) is 5.56 Å². The largest absolute Gasteiger partial charge is 0.435 e. The van der Waals surface area contributed by atoms with Crippen LogP contribution in [-0.2, 0) is 0 Å². The van der Waals surface area contributed by atoms with Gasteiger partial charge in [-0.05, 0) is 24.6 Å². The molecule has 1 aromatic carbocycles. The zero-order valence-corrected chi connectivity index (χ0v) is 10.6. The van der Waals surface area contributed by atoms with E-state index in [2.05, 4.69) is 15.3 Å². The Hall–Kier alpha value is -1.88. The number of nitrogens with one attached hydrogen (secondary N) is 1. The smallest absolute Gasteiger partial charge is 0.260 e. The third kappa shape index (κ3) is 2.68. The SMILES string of the molecule is CNc1ncc(F)c(Oc2ccc(C)cc2Cl)n1. The van der Waals surface area contributed by atoms with Crippen LogP contribution >= 0.6 is 11.6 Å². The fourth-order valence-electron chi connectivity index (χ4n) is 1.34. The summed E-state index contributed by atoms with van der Waals surface area (Å²) in [6.07, 6.45) is 1.04. The number of hydrogen-bond donors (Lipinski definition) is 1.